The standard InChI is InChI=1S/C14H26N4O/c1-11(2)15-9-12-7-8-13(17-16-12)19-10-14(3,4)18(5)6/h7-8,11,15H,9-10H2,1-6H3. The predicted molar refractivity (Wildman–Crippen MR) is 77.3 cm³/mol. The molecule has 0 radical (unpaired) electrons. The third kappa shape index (κ3) is 5.53. The maximum absolute atomic E-state index is 5.68. The van der Waals surface area contributed by atoms with Gasteiger partial charge in [0.25, 0.3) is 0 Å². The van der Waals surface area contributed by atoms with Crippen LogP contribution < -0.4 is 10.1 Å². The molecule has 0 aromatic carbocycles. The number of aromatic nitrogens is 2. The third-order valence-electron chi connectivity index (χ3n) is 3.17. The van der Waals surface area contributed by atoms with Crippen molar-refractivity contribution in [1.29, 1.82) is 0 Å². The van der Waals surface area contributed by atoms with Crippen LogP contribution in [0.15, 0.2) is 12.1 Å². The monoisotopic (exact) mass is 266 g/mol. The van der Waals surface area contributed by atoms with Crippen molar-refractivity contribution < 1.29 is 4.74 Å². The Morgan fingerprint density at radius 2 is 1.95 bits per heavy atom. The van der Waals surface area contributed by atoms with E-state index in [9.17, 15) is 0 Å². The normalized spacial score (nSPS) is 12.2. The van der Waals surface area contributed by atoms with Gasteiger partial charge >= 0.3 is 0 Å². The highest BCUT2D eigenvalue weighted by molar-refractivity contribution is 5.11. The van der Waals surface area contributed by atoms with E-state index in [0.29, 0.717) is 18.5 Å². The van der Waals surface area contributed by atoms with Crippen molar-refractivity contribution in [3.05, 3.63) is 17.8 Å². The lowest BCUT2D eigenvalue weighted by Crippen LogP contribution is -2.43. The third-order valence-corrected chi connectivity index (χ3v) is 3.17. The van der Waals surface area contributed by atoms with Gasteiger partial charge in [-0.2, -0.15) is 5.10 Å². The van der Waals surface area contributed by atoms with Crippen molar-refractivity contribution in [2.45, 2.75) is 45.8 Å². The first-order valence-electron chi connectivity index (χ1n) is 6.67. The molecule has 0 aliphatic heterocycles. The van der Waals surface area contributed by atoms with Crippen molar-refractivity contribution >= 4 is 0 Å². The first-order valence-corrected chi connectivity index (χ1v) is 6.67. The van der Waals surface area contributed by atoms with E-state index in [1.807, 2.05) is 26.2 Å². The summed E-state index contributed by atoms with van der Waals surface area (Å²) in [4.78, 5) is 2.13. The highest BCUT2D eigenvalue weighted by atomic mass is 16.5. The zero-order valence-electron chi connectivity index (χ0n) is 12.9. The number of hydrogen-bond acceptors (Lipinski definition) is 5. The van der Waals surface area contributed by atoms with Crippen LogP contribution in [0.1, 0.15) is 33.4 Å². The molecule has 0 unspecified atom stereocenters. The molecule has 0 saturated carbocycles. The van der Waals surface area contributed by atoms with Gasteiger partial charge < -0.3 is 15.0 Å². The predicted octanol–water partition coefficient (Wildman–Crippen LogP) is 1.69. The van der Waals surface area contributed by atoms with Gasteiger partial charge in [0.05, 0.1) is 5.69 Å². The van der Waals surface area contributed by atoms with Crippen LogP contribution in [0.3, 0.4) is 0 Å². The van der Waals surface area contributed by atoms with Crippen molar-refractivity contribution in [2.24, 2.45) is 0 Å². The number of nitrogens with one attached hydrogen (secondary N) is 1. The van der Waals surface area contributed by atoms with E-state index in [-0.39, 0.29) is 5.54 Å². The fourth-order valence-electron chi connectivity index (χ4n) is 1.21. The second-order valence-corrected chi connectivity index (χ2v) is 5.89. The number of likely N-dealkylation sites (N-methyl/N-ethyl adjacent to an activating group) is 1. The lowest BCUT2D eigenvalue weighted by atomic mass is 10.1. The van der Waals surface area contributed by atoms with Gasteiger partial charge in [-0.3, -0.25) is 0 Å². The Balaban J connectivity index is 2.48. The zero-order valence-corrected chi connectivity index (χ0v) is 12.9. The SMILES string of the molecule is CC(C)NCc1ccc(OCC(C)(C)N(C)C)nn1. The summed E-state index contributed by atoms with van der Waals surface area (Å²) in [7, 11) is 4.07. The summed E-state index contributed by atoms with van der Waals surface area (Å²) in [6, 6.07) is 4.26. The Labute approximate surface area is 116 Å². The molecule has 0 aliphatic rings. The number of ether oxygens (including phenoxy) is 1. The van der Waals surface area contributed by atoms with Crippen LogP contribution in [0.25, 0.3) is 0 Å². The molecule has 0 saturated heterocycles. The van der Waals surface area contributed by atoms with Crippen LogP contribution >= 0.6 is 0 Å². The summed E-state index contributed by atoms with van der Waals surface area (Å²) in [5, 5.41) is 11.5. The van der Waals surface area contributed by atoms with Gasteiger partial charge in [-0.15, -0.1) is 5.10 Å². The second kappa shape index (κ2) is 6.82. The lowest BCUT2D eigenvalue weighted by molar-refractivity contribution is 0.110. The van der Waals surface area contributed by atoms with Crippen molar-refractivity contribution in [2.75, 3.05) is 20.7 Å². The molecule has 0 bridgehead atoms. The van der Waals surface area contributed by atoms with Crippen molar-refractivity contribution in [3.63, 3.8) is 0 Å². The first kappa shape index (κ1) is 15.9. The largest absolute Gasteiger partial charge is 0.475 e. The summed E-state index contributed by atoms with van der Waals surface area (Å²) in [6.07, 6.45) is 0. The lowest BCUT2D eigenvalue weighted by Gasteiger charge is -2.31. The molecule has 5 heteroatoms. The average Bonchev–Trinajstić information content (AvgIpc) is 2.35. The fraction of sp³-hybridized carbons (Fsp3) is 0.714. The highest BCUT2D eigenvalue weighted by Gasteiger charge is 2.21. The van der Waals surface area contributed by atoms with Crippen LogP contribution in [0.5, 0.6) is 5.88 Å². The maximum Gasteiger partial charge on any atom is 0.233 e. The molecule has 108 valence electrons. The van der Waals surface area contributed by atoms with E-state index < -0.39 is 0 Å². The summed E-state index contributed by atoms with van der Waals surface area (Å²) in [5.74, 6) is 0.572. The molecule has 19 heavy (non-hydrogen) atoms. The van der Waals surface area contributed by atoms with Gasteiger partial charge in [-0.05, 0) is 34.0 Å². The smallest absolute Gasteiger partial charge is 0.233 e. The van der Waals surface area contributed by atoms with Gasteiger partial charge in [0, 0.05) is 24.2 Å². The van der Waals surface area contributed by atoms with E-state index in [1.54, 1.807) is 0 Å². The molecule has 5 nitrogen and oxygen atoms in total. The van der Waals surface area contributed by atoms with Crippen LogP contribution in [-0.2, 0) is 6.54 Å². The van der Waals surface area contributed by atoms with E-state index in [1.165, 1.54) is 0 Å². The summed E-state index contributed by atoms with van der Waals surface area (Å²) >= 11 is 0. The molecule has 1 aromatic rings. The first-order chi connectivity index (χ1) is 8.81. The zero-order chi connectivity index (χ0) is 14.5. The van der Waals surface area contributed by atoms with Gasteiger partial charge in [-0.1, -0.05) is 13.8 Å². The molecule has 1 heterocycles. The Bertz CT molecular complexity index is 374. The molecular formula is C14H26N4O. The topological polar surface area (TPSA) is 50.3 Å². The van der Waals surface area contributed by atoms with Crippen LogP contribution in [0.4, 0.5) is 0 Å². The minimum absolute atomic E-state index is 0.0282. The number of nitrogens with zero attached hydrogens (tertiary/aromatic N) is 3. The Kier molecular flexibility index (Phi) is 5.69. The number of rotatable bonds is 7. The molecule has 1 N–H and O–H groups in total. The van der Waals surface area contributed by atoms with Crippen LogP contribution in [-0.4, -0.2) is 47.4 Å². The molecule has 0 spiro atoms. The van der Waals surface area contributed by atoms with Gasteiger partial charge in [0.1, 0.15) is 6.61 Å². The van der Waals surface area contributed by atoms with E-state index >= 15 is 0 Å². The quantitative estimate of drug-likeness (QED) is 0.814. The van der Waals surface area contributed by atoms with Gasteiger partial charge in [0.15, 0.2) is 0 Å². The summed E-state index contributed by atoms with van der Waals surface area (Å²) in [6.45, 7) is 9.78. The molecule has 0 atom stereocenters. The number of hydrogen-bond donors (Lipinski definition) is 1. The van der Waals surface area contributed by atoms with Crippen LogP contribution in [0, 0.1) is 0 Å². The minimum atomic E-state index is -0.0282. The minimum Gasteiger partial charge on any atom is -0.475 e. The molecular weight excluding hydrogens is 240 g/mol. The average molecular weight is 266 g/mol. The molecule has 0 amide bonds. The molecule has 1 rings (SSSR count). The van der Waals surface area contributed by atoms with Crippen LogP contribution in [0.2, 0.25) is 0 Å². The Morgan fingerprint density at radius 3 is 2.42 bits per heavy atom. The Hall–Kier alpha value is -1.20. The van der Waals surface area contributed by atoms with E-state index in [4.69, 9.17) is 4.74 Å². The summed E-state index contributed by atoms with van der Waals surface area (Å²) < 4.78 is 5.68. The molecule has 1 aromatic heterocycles. The molecule has 0 fully saturated rings. The van der Waals surface area contributed by atoms with Crippen molar-refractivity contribution in [1.82, 2.24) is 20.4 Å². The highest BCUT2D eigenvalue weighted by Crippen LogP contribution is 2.13. The molecule has 0 aliphatic carbocycles. The fourth-order valence-corrected chi connectivity index (χ4v) is 1.21. The van der Waals surface area contributed by atoms with Gasteiger partial charge in [-0.25, -0.2) is 0 Å². The maximum atomic E-state index is 5.68. The van der Waals surface area contributed by atoms with E-state index in [2.05, 4.69) is 48.1 Å². The van der Waals surface area contributed by atoms with E-state index in [0.717, 1.165) is 12.2 Å². The Morgan fingerprint density at radius 1 is 1.26 bits per heavy atom. The second-order valence-electron chi connectivity index (χ2n) is 5.89. The van der Waals surface area contributed by atoms with Crippen molar-refractivity contribution in [3.8, 4) is 5.88 Å². The van der Waals surface area contributed by atoms with Gasteiger partial charge in [0.2, 0.25) is 5.88 Å². The summed E-state index contributed by atoms with van der Waals surface area (Å²) in [5.41, 5.74) is 0.896.